The van der Waals surface area contributed by atoms with Gasteiger partial charge in [-0.25, -0.2) is 4.57 Å². The number of ether oxygens (including phenoxy) is 1. The highest BCUT2D eigenvalue weighted by molar-refractivity contribution is 6.07. The van der Waals surface area contributed by atoms with E-state index in [4.69, 9.17) is 4.74 Å². The summed E-state index contributed by atoms with van der Waals surface area (Å²) in [5.74, 6) is -0.508. The van der Waals surface area contributed by atoms with Crippen LogP contribution in [0.4, 0.5) is 22.7 Å². The van der Waals surface area contributed by atoms with Crippen LogP contribution in [-0.4, -0.2) is 32.5 Å². The maximum absolute atomic E-state index is 13.1. The zero-order chi connectivity index (χ0) is 24.4. The van der Waals surface area contributed by atoms with Crippen molar-refractivity contribution in [1.82, 2.24) is 4.57 Å². The molecule has 0 saturated heterocycles. The number of hydrogen-bond donors (Lipinski definition) is 1. The highest BCUT2D eigenvalue weighted by Crippen LogP contribution is 2.41. The third-order valence-corrected chi connectivity index (χ3v) is 4.99. The number of nitro benzene ring substituents is 2. The van der Waals surface area contributed by atoms with Gasteiger partial charge in [-0.2, -0.15) is 0 Å². The van der Waals surface area contributed by atoms with E-state index in [0.29, 0.717) is 16.7 Å². The van der Waals surface area contributed by atoms with Crippen molar-refractivity contribution < 1.29 is 24.5 Å². The molecule has 0 saturated carbocycles. The van der Waals surface area contributed by atoms with Gasteiger partial charge in [0, 0.05) is 17.0 Å². The Labute approximate surface area is 190 Å². The molecule has 0 atom stereocenters. The molecule has 3 aromatic carbocycles. The Bertz CT molecular complexity index is 1480. The molecule has 12 nitrogen and oxygen atoms in total. The summed E-state index contributed by atoms with van der Waals surface area (Å²) < 4.78 is 6.14. The fourth-order valence-corrected chi connectivity index (χ4v) is 3.34. The van der Waals surface area contributed by atoms with Gasteiger partial charge in [-0.15, -0.1) is 10.2 Å². The molecular weight excluding hydrogens is 446 g/mol. The molecule has 34 heavy (non-hydrogen) atoms. The number of carbonyl (C=O) groups excluding carboxylic acids is 1. The molecule has 0 fully saturated rings. The fraction of sp³-hybridized carbons (Fsp3) is 0.0455. The van der Waals surface area contributed by atoms with Gasteiger partial charge in [-0.3, -0.25) is 25.0 Å². The van der Waals surface area contributed by atoms with Crippen molar-refractivity contribution in [3.05, 3.63) is 92.5 Å². The van der Waals surface area contributed by atoms with Crippen molar-refractivity contribution in [2.45, 2.75) is 0 Å². The number of aromatic nitrogens is 1. The minimum absolute atomic E-state index is 0.0925. The second kappa shape index (κ2) is 8.78. The van der Waals surface area contributed by atoms with E-state index in [0.717, 1.165) is 22.8 Å². The van der Waals surface area contributed by atoms with E-state index < -0.39 is 33.0 Å². The second-order valence-corrected chi connectivity index (χ2v) is 6.95. The zero-order valence-corrected chi connectivity index (χ0v) is 17.5. The number of fused-ring (bicyclic) bond motifs is 1. The Hall–Kier alpha value is -5.13. The summed E-state index contributed by atoms with van der Waals surface area (Å²) in [7, 11) is 1.49. The van der Waals surface area contributed by atoms with Crippen LogP contribution in [0.15, 0.2) is 77.0 Å². The zero-order valence-electron chi connectivity index (χ0n) is 17.5. The van der Waals surface area contributed by atoms with E-state index in [1.807, 2.05) is 0 Å². The van der Waals surface area contributed by atoms with Gasteiger partial charge >= 0.3 is 5.69 Å². The number of rotatable bonds is 6. The lowest BCUT2D eigenvalue weighted by molar-refractivity contribution is -0.393. The van der Waals surface area contributed by atoms with Crippen LogP contribution in [-0.2, 0) is 0 Å². The van der Waals surface area contributed by atoms with E-state index in [1.165, 1.54) is 19.2 Å². The van der Waals surface area contributed by atoms with E-state index in [2.05, 4.69) is 10.2 Å². The average molecular weight is 461 g/mol. The van der Waals surface area contributed by atoms with Crippen LogP contribution < -0.4 is 4.74 Å². The third kappa shape index (κ3) is 3.90. The first-order valence-corrected chi connectivity index (χ1v) is 9.67. The molecule has 0 radical (unpaired) electrons. The monoisotopic (exact) mass is 461 g/mol. The lowest BCUT2D eigenvalue weighted by Crippen LogP contribution is -2.11. The van der Waals surface area contributed by atoms with Gasteiger partial charge < -0.3 is 9.84 Å². The molecule has 0 unspecified atom stereocenters. The summed E-state index contributed by atoms with van der Waals surface area (Å²) >= 11 is 0. The molecule has 1 heterocycles. The maximum Gasteiger partial charge on any atom is 0.303 e. The lowest BCUT2D eigenvalue weighted by atomic mass is 10.2. The van der Waals surface area contributed by atoms with Crippen LogP contribution >= 0.6 is 0 Å². The molecule has 0 aliphatic carbocycles. The van der Waals surface area contributed by atoms with Gasteiger partial charge in [0.2, 0.25) is 5.88 Å². The van der Waals surface area contributed by atoms with Gasteiger partial charge in [0.05, 0.1) is 28.5 Å². The molecule has 0 aliphatic heterocycles. The Morgan fingerprint density at radius 2 is 1.68 bits per heavy atom. The molecule has 12 heteroatoms. The third-order valence-electron chi connectivity index (χ3n) is 4.99. The van der Waals surface area contributed by atoms with Gasteiger partial charge in [-0.05, 0) is 36.4 Å². The predicted octanol–water partition coefficient (Wildman–Crippen LogP) is 5.28. The minimum atomic E-state index is -0.822. The molecule has 0 spiro atoms. The number of para-hydroxylation sites is 1. The van der Waals surface area contributed by atoms with Gasteiger partial charge in [0.25, 0.3) is 11.6 Å². The molecule has 4 rings (SSSR count). The van der Waals surface area contributed by atoms with Gasteiger partial charge in [-0.1, -0.05) is 18.2 Å². The van der Waals surface area contributed by atoms with E-state index in [1.54, 1.807) is 36.4 Å². The summed E-state index contributed by atoms with van der Waals surface area (Å²) in [4.78, 5) is 33.9. The van der Waals surface area contributed by atoms with Crippen LogP contribution in [0.1, 0.15) is 10.4 Å². The number of methoxy groups -OCH3 is 1. The number of azo groups is 1. The number of nitrogens with zero attached hydrogens (tertiary/aromatic N) is 5. The summed E-state index contributed by atoms with van der Waals surface area (Å²) in [5, 5.41) is 41.3. The van der Waals surface area contributed by atoms with Crippen molar-refractivity contribution in [3.8, 4) is 11.6 Å². The largest absolute Gasteiger partial charge is 0.497 e. The van der Waals surface area contributed by atoms with E-state index >= 15 is 0 Å². The summed E-state index contributed by atoms with van der Waals surface area (Å²) in [6.45, 7) is 0. The standard InChI is InChI=1S/C22H15N5O7/c1-34-15-9-6-13(7-10-15)21(28)25-18-5-3-2-4-16(18)20(22(25)29)24-23-17-11-8-14(26(30)31)12-19(17)27(32)33/h2-12,29H,1H3. The summed E-state index contributed by atoms with van der Waals surface area (Å²) in [5.41, 5.74) is -0.844. The van der Waals surface area contributed by atoms with Crippen molar-refractivity contribution in [1.29, 1.82) is 0 Å². The maximum atomic E-state index is 13.1. The molecule has 1 N–H and O–H groups in total. The first-order chi connectivity index (χ1) is 16.3. The smallest absolute Gasteiger partial charge is 0.303 e. The van der Waals surface area contributed by atoms with Crippen LogP contribution in [0.25, 0.3) is 10.9 Å². The van der Waals surface area contributed by atoms with Crippen LogP contribution in [0.5, 0.6) is 11.6 Å². The summed E-state index contributed by atoms with van der Waals surface area (Å²) in [6.07, 6.45) is 0. The number of hydrogen-bond acceptors (Lipinski definition) is 9. The topological polar surface area (TPSA) is 162 Å². The average Bonchev–Trinajstić information content (AvgIpc) is 3.13. The first kappa shape index (κ1) is 22.1. The van der Waals surface area contributed by atoms with Crippen LogP contribution in [0.2, 0.25) is 0 Å². The molecule has 0 bridgehead atoms. The van der Waals surface area contributed by atoms with Crippen LogP contribution in [0.3, 0.4) is 0 Å². The minimum Gasteiger partial charge on any atom is -0.497 e. The molecule has 4 aromatic rings. The lowest BCUT2D eigenvalue weighted by Gasteiger charge is -2.06. The van der Waals surface area contributed by atoms with Crippen LogP contribution in [0, 0.1) is 20.2 Å². The SMILES string of the molecule is COc1ccc(C(=O)n2c(O)c(N=Nc3ccc([N+](=O)[O-])cc3[N+](=O)[O-])c3ccccc32)cc1. The Morgan fingerprint density at radius 1 is 0.971 bits per heavy atom. The second-order valence-electron chi connectivity index (χ2n) is 6.95. The fourth-order valence-electron chi connectivity index (χ4n) is 3.34. The van der Waals surface area contributed by atoms with Crippen molar-refractivity contribution in [2.24, 2.45) is 10.2 Å². The predicted molar refractivity (Wildman–Crippen MR) is 120 cm³/mol. The van der Waals surface area contributed by atoms with E-state index in [9.17, 15) is 30.1 Å². The number of carbonyl (C=O) groups is 1. The number of non-ortho nitro benzene ring substituents is 1. The Kier molecular flexibility index (Phi) is 5.70. The van der Waals surface area contributed by atoms with Gasteiger partial charge in [0.15, 0.2) is 11.4 Å². The number of aromatic hydroxyl groups is 1. The Balaban J connectivity index is 1.81. The molecule has 0 amide bonds. The van der Waals surface area contributed by atoms with E-state index in [-0.39, 0.29) is 16.9 Å². The number of nitro groups is 2. The molecule has 1 aromatic heterocycles. The molecular formula is C22H15N5O7. The Morgan fingerprint density at radius 3 is 2.32 bits per heavy atom. The normalized spacial score (nSPS) is 11.1. The number of benzene rings is 3. The van der Waals surface area contributed by atoms with Gasteiger partial charge in [0.1, 0.15) is 5.75 Å². The summed E-state index contributed by atoms with van der Waals surface area (Å²) in [6, 6.07) is 15.7. The molecule has 170 valence electrons. The quantitative estimate of drug-likeness (QED) is 0.232. The highest BCUT2D eigenvalue weighted by atomic mass is 16.6. The highest BCUT2D eigenvalue weighted by Gasteiger charge is 2.23. The molecule has 0 aliphatic rings. The van der Waals surface area contributed by atoms with Crippen molar-refractivity contribution in [2.75, 3.05) is 7.11 Å². The first-order valence-electron chi connectivity index (χ1n) is 9.67. The van der Waals surface area contributed by atoms with Crippen molar-refractivity contribution in [3.63, 3.8) is 0 Å². The van der Waals surface area contributed by atoms with Crippen molar-refractivity contribution >= 4 is 39.6 Å².